The summed E-state index contributed by atoms with van der Waals surface area (Å²) in [6.45, 7) is 0. The maximum Gasteiger partial charge on any atom is 0.222 e. The van der Waals surface area contributed by atoms with Crippen molar-refractivity contribution in [3.8, 4) is 0 Å². The molecule has 0 aliphatic carbocycles. The Kier molecular flexibility index (Phi) is 4.07. The van der Waals surface area contributed by atoms with E-state index in [-0.39, 0.29) is 11.8 Å². The zero-order chi connectivity index (χ0) is 15.5. The highest BCUT2D eigenvalue weighted by Gasteiger charge is 2.27. The minimum Gasteiger partial charge on any atom is -0.360 e. The number of para-hydroxylation sites is 1. The monoisotopic (exact) mass is 293 g/mol. The molecule has 3 heteroatoms. The molecular formula is C19H21N2O+. The highest BCUT2D eigenvalue weighted by atomic mass is 16.1. The molecule has 22 heavy (non-hydrogen) atoms. The van der Waals surface area contributed by atoms with Crippen molar-refractivity contribution in [2.45, 2.75) is 12.5 Å². The minimum atomic E-state index is -0.0818. The van der Waals surface area contributed by atoms with Crippen LogP contribution >= 0.6 is 0 Å². The number of fused-ring (bicyclic) bond motifs is 1. The number of nitrogens with one attached hydrogen (secondary N) is 2. The van der Waals surface area contributed by atoms with Crippen molar-refractivity contribution >= 4 is 16.7 Å². The number of aromatic amines is 1. The lowest BCUT2D eigenvalue weighted by Gasteiger charge is -2.20. The number of H-pyrrole nitrogens is 1. The average Bonchev–Trinajstić information content (AvgIpc) is 2.97. The summed E-state index contributed by atoms with van der Waals surface area (Å²) in [7, 11) is 4.08. The Labute approximate surface area is 130 Å². The van der Waals surface area contributed by atoms with Gasteiger partial charge in [0.15, 0.2) is 6.04 Å². The number of quaternary nitrogens is 1. The molecule has 2 N–H and O–H groups in total. The number of ketones is 1. The van der Waals surface area contributed by atoms with E-state index in [9.17, 15) is 4.79 Å². The molecule has 0 unspecified atom stereocenters. The van der Waals surface area contributed by atoms with Crippen LogP contribution in [-0.2, 0) is 6.42 Å². The van der Waals surface area contributed by atoms with Crippen molar-refractivity contribution in [3.05, 3.63) is 71.9 Å². The lowest BCUT2D eigenvalue weighted by atomic mass is 9.96. The van der Waals surface area contributed by atoms with Gasteiger partial charge in [0, 0.05) is 29.1 Å². The van der Waals surface area contributed by atoms with E-state index in [2.05, 4.69) is 17.1 Å². The van der Waals surface area contributed by atoms with E-state index in [1.54, 1.807) is 0 Å². The van der Waals surface area contributed by atoms with Gasteiger partial charge in [0.1, 0.15) is 0 Å². The molecule has 3 rings (SSSR count). The summed E-state index contributed by atoms with van der Waals surface area (Å²) < 4.78 is 0. The molecule has 112 valence electrons. The Morgan fingerprint density at radius 2 is 1.73 bits per heavy atom. The molecule has 0 amide bonds. The van der Waals surface area contributed by atoms with Gasteiger partial charge in [-0.3, -0.25) is 4.79 Å². The van der Waals surface area contributed by atoms with E-state index < -0.39 is 0 Å². The Morgan fingerprint density at radius 3 is 2.45 bits per heavy atom. The van der Waals surface area contributed by atoms with Crippen molar-refractivity contribution in [1.29, 1.82) is 0 Å². The van der Waals surface area contributed by atoms with Crippen LogP contribution < -0.4 is 4.90 Å². The van der Waals surface area contributed by atoms with Gasteiger partial charge in [-0.2, -0.15) is 0 Å². The second-order valence-corrected chi connectivity index (χ2v) is 5.93. The number of likely N-dealkylation sites (N-methyl/N-ethyl adjacent to an activating group) is 1. The average molecular weight is 293 g/mol. The van der Waals surface area contributed by atoms with E-state index >= 15 is 0 Å². The van der Waals surface area contributed by atoms with E-state index in [4.69, 9.17) is 0 Å². The summed E-state index contributed by atoms with van der Waals surface area (Å²) in [5.74, 6) is 0.196. The molecule has 2 aromatic carbocycles. The number of carbonyl (C=O) groups excluding carboxylic acids is 1. The lowest BCUT2D eigenvalue weighted by molar-refractivity contribution is -0.874. The molecule has 1 atom stereocenters. The second kappa shape index (κ2) is 6.16. The molecule has 3 aromatic rings. The number of hydrogen-bond acceptors (Lipinski definition) is 1. The summed E-state index contributed by atoms with van der Waals surface area (Å²) in [4.78, 5) is 17.4. The van der Waals surface area contributed by atoms with Gasteiger partial charge in [-0.25, -0.2) is 0 Å². The third-order valence-electron chi connectivity index (χ3n) is 4.15. The van der Waals surface area contributed by atoms with Crippen LogP contribution in [0.3, 0.4) is 0 Å². The first kappa shape index (κ1) is 14.5. The minimum absolute atomic E-state index is 0.0818. The summed E-state index contributed by atoms with van der Waals surface area (Å²) in [5, 5.41) is 1.01. The van der Waals surface area contributed by atoms with E-state index in [0.29, 0.717) is 0 Å². The van der Waals surface area contributed by atoms with E-state index in [1.807, 2.05) is 62.8 Å². The van der Waals surface area contributed by atoms with E-state index in [1.165, 1.54) is 5.56 Å². The smallest absolute Gasteiger partial charge is 0.222 e. The normalized spacial score (nSPS) is 12.7. The van der Waals surface area contributed by atoms with Gasteiger partial charge in [0.2, 0.25) is 5.78 Å². The number of carbonyl (C=O) groups is 1. The topological polar surface area (TPSA) is 37.3 Å². The lowest BCUT2D eigenvalue weighted by Crippen LogP contribution is -3.11. The van der Waals surface area contributed by atoms with Crippen molar-refractivity contribution < 1.29 is 9.69 Å². The van der Waals surface area contributed by atoms with Crippen LogP contribution in [0.5, 0.6) is 0 Å². The molecule has 0 saturated heterocycles. The maximum absolute atomic E-state index is 13.0. The molecule has 0 aliphatic rings. The first-order valence-corrected chi connectivity index (χ1v) is 7.61. The second-order valence-electron chi connectivity index (χ2n) is 5.93. The predicted molar refractivity (Wildman–Crippen MR) is 89.4 cm³/mol. The third kappa shape index (κ3) is 2.81. The van der Waals surface area contributed by atoms with Crippen LogP contribution in [0.25, 0.3) is 10.9 Å². The predicted octanol–water partition coefficient (Wildman–Crippen LogP) is 2.11. The SMILES string of the molecule is C[NH+](C)[C@@H](Cc1ccccc1)C(=O)c1c[nH]c2ccccc12. The summed E-state index contributed by atoms with van der Waals surface area (Å²) in [5.41, 5.74) is 3.00. The van der Waals surface area contributed by atoms with Crippen LogP contribution in [0.2, 0.25) is 0 Å². The molecule has 0 saturated carbocycles. The first-order valence-electron chi connectivity index (χ1n) is 7.61. The molecule has 3 nitrogen and oxygen atoms in total. The summed E-state index contributed by atoms with van der Waals surface area (Å²) >= 11 is 0. The van der Waals surface area contributed by atoms with Gasteiger partial charge < -0.3 is 9.88 Å². The molecular weight excluding hydrogens is 272 g/mol. The third-order valence-corrected chi connectivity index (χ3v) is 4.15. The quantitative estimate of drug-likeness (QED) is 0.695. The zero-order valence-electron chi connectivity index (χ0n) is 13.0. The fourth-order valence-corrected chi connectivity index (χ4v) is 2.87. The Hall–Kier alpha value is -2.39. The van der Waals surface area contributed by atoms with Gasteiger partial charge in [-0.1, -0.05) is 48.5 Å². The van der Waals surface area contributed by atoms with Crippen LogP contribution in [0.1, 0.15) is 15.9 Å². The molecule has 0 fully saturated rings. The van der Waals surface area contributed by atoms with Crippen molar-refractivity contribution in [2.24, 2.45) is 0 Å². The Bertz CT molecular complexity index is 774. The van der Waals surface area contributed by atoms with Gasteiger partial charge in [0.25, 0.3) is 0 Å². The van der Waals surface area contributed by atoms with Gasteiger partial charge >= 0.3 is 0 Å². The molecule has 0 bridgehead atoms. The number of Topliss-reactive ketones (excluding diaryl/α,β-unsaturated/α-hetero) is 1. The Morgan fingerprint density at radius 1 is 1.05 bits per heavy atom. The standard InChI is InChI=1S/C19H20N2O/c1-21(2)18(12-14-8-4-3-5-9-14)19(22)16-13-20-17-11-7-6-10-15(16)17/h3-11,13,18,20H,12H2,1-2H3/p+1/t18-/m0/s1. The molecule has 1 aromatic heterocycles. The first-order chi connectivity index (χ1) is 10.7. The fourth-order valence-electron chi connectivity index (χ4n) is 2.87. The van der Waals surface area contributed by atoms with Crippen molar-refractivity contribution in [2.75, 3.05) is 14.1 Å². The molecule has 0 spiro atoms. The number of benzene rings is 2. The van der Waals surface area contributed by atoms with Crippen LogP contribution in [0, 0.1) is 0 Å². The number of aromatic nitrogens is 1. The highest BCUT2D eigenvalue weighted by molar-refractivity contribution is 6.09. The summed E-state index contributed by atoms with van der Waals surface area (Å²) in [6.07, 6.45) is 2.59. The maximum atomic E-state index is 13.0. The number of rotatable bonds is 5. The fraction of sp³-hybridized carbons (Fsp3) is 0.211. The van der Waals surface area contributed by atoms with Crippen LogP contribution in [0.4, 0.5) is 0 Å². The Balaban J connectivity index is 1.93. The molecule has 0 radical (unpaired) electrons. The van der Waals surface area contributed by atoms with Crippen molar-refractivity contribution in [1.82, 2.24) is 4.98 Å². The largest absolute Gasteiger partial charge is 0.360 e. The van der Waals surface area contributed by atoms with Crippen LogP contribution in [0.15, 0.2) is 60.8 Å². The van der Waals surface area contributed by atoms with Crippen LogP contribution in [-0.4, -0.2) is 30.9 Å². The van der Waals surface area contributed by atoms with Crippen molar-refractivity contribution in [3.63, 3.8) is 0 Å². The highest BCUT2D eigenvalue weighted by Crippen LogP contribution is 2.19. The summed E-state index contributed by atoms with van der Waals surface area (Å²) in [6, 6.07) is 18.1. The van der Waals surface area contributed by atoms with Gasteiger partial charge in [-0.05, 0) is 11.6 Å². The molecule has 1 heterocycles. The van der Waals surface area contributed by atoms with Gasteiger partial charge in [-0.15, -0.1) is 0 Å². The molecule has 0 aliphatic heterocycles. The van der Waals surface area contributed by atoms with Gasteiger partial charge in [0.05, 0.1) is 14.1 Å². The van der Waals surface area contributed by atoms with E-state index in [0.717, 1.165) is 27.8 Å². The number of hydrogen-bond donors (Lipinski definition) is 2. The zero-order valence-corrected chi connectivity index (χ0v) is 13.0.